The topological polar surface area (TPSA) is 59.0 Å². The molecule has 0 aliphatic rings. The first kappa shape index (κ1) is 21.5. The average Bonchev–Trinajstić information content (AvgIpc) is 3.12. The minimum absolute atomic E-state index is 0.00861. The molecule has 2 aromatic rings. The zero-order valence-electron chi connectivity index (χ0n) is 16.4. The first-order valence-corrected chi connectivity index (χ1v) is 10.0. The van der Waals surface area contributed by atoms with Crippen molar-refractivity contribution in [3.8, 4) is 5.75 Å². The lowest BCUT2D eigenvalue weighted by atomic mass is 10.3. The Labute approximate surface area is 170 Å². The van der Waals surface area contributed by atoms with Crippen molar-refractivity contribution in [2.24, 2.45) is 4.99 Å². The smallest absolute Gasteiger partial charge is 0.193 e. The molecule has 2 unspecified atom stereocenters. The predicted octanol–water partition coefficient (Wildman–Crippen LogP) is 3.98. The van der Waals surface area contributed by atoms with Crippen LogP contribution in [0.2, 0.25) is 5.02 Å². The van der Waals surface area contributed by atoms with Crippen molar-refractivity contribution in [2.45, 2.75) is 32.6 Å². The fourth-order valence-electron chi connectivity index (χ4n) is 2.42. The zero-order chi connectivity index (χ0) is 19.8. The third-order valence-corrected chi connectivity index (χ3v) is 5.32. The summed E-state index contributed by atoms with van der Waals surface area (Å²) in [5, 5.41) is 6.97. The first-order valence-electron chi connectivity index (χ1n) is 8.74. The van der Waals surface area contributed by atoms with Gasteiger partial charge < -0.3 is 19.7 Å². The Hall–Kier alpha value is -1.83. The van der Waals surface area contributed by atoms with Gasteiger partial charge in [-0.2, -0.15) is 0 Å². The van der Waals surface area contributed by atoms with Crippen LogP contribution in [-0.2, 0) is 11.3 Å². The molecule has 1 aromatic heterocycles. The highest BCUT2D eigenvalue weighted by molar-refractivity contribution is 7.09. The summed E-state index contributed by atoms with van der Waals surface area (Å²) in [4.78, 5) is 11.0. The molecule has 8 heteroatoms. The van der Waals surface area contributed by atoms with E-state index in [1.54, 1.807) is 25.5 Å². The number of aromatic nitrogens is 1. The number of aliphatic imine (C=N–C) groups is 1. The summed E-state index contributed by atoms with van der Waals surface area (Å²) >= 11 is 7.75. The second-order valence-electron chi connectivity index (χ2n) is 6.20. The van der Waals surface area contributed by atoms with Crippen molar-refractivity contribution < 1.29 is 9.47 Å². The second-order valence-corrected chi connectivity index (χ2v) is 7.49. The Morgan fingerprint density at radius 1 is 1.37 bits per heavy atom. The summed E-state index contributed by atoms with van der Waals surface area (Å²) in [5.41, 5.74) is 0.990. The number of guanidine groups is 1. The number of nitrogens with one attached hydrogen (secondary N) is 1. The molecule has 2 atom stereocenters. The third-order valence-electron chi connectivity index (χ3n) is 3.96. The molecule has 0 bridgehead atoms. The number of thiazole rings is 1. The van der Waals surface area contributed by atoms with Gasteiger partial charge in [0.2, 0.25) is 0 Å². The summed E-state index contributed by atoms with van der Waals surface area (Å²) in [6.07, 6.45) is -0.0576. The number of hydrogen-bond acceptors (Lipinski definition) is 5. The average molecular weight is 411 g/mol. The normalized spacial score (nSPS) is 13.9. The lowest BCUT2D eigenvalue weighted by molar-refractivity contribution is 0.119. The highest BCUT2D eigenvalue weighted by Gasteiger charge is 2.14. The molecule has 0 amide bonds. The van der Waals surface area contributed by atoms with Crippen LogP contribution in [0.5, 0.6) is 5.75 Å². The van der Waals surface area contributed by atoms with Crippen LogP contribution in [0, 0.1) is 0 Å². The van der Waals surface area contributed by atoms with E-state index < -0.39 is 0 Å². The minimum atomic E-state index is -0.0662. The monoisotopic (exact) mass is 410 g/mol. The van der Waals surface area contributed by atoms with Crippen LogP contribution in [0.25, 0.3) is 0 Å². The summed E-state index contributed by atoms with van der Waals surface area (Å²) in [7, 11) is 5.43. The molecule has 6 nitrogen and oxygen atoms in total. The van der Waals surface area contributed by atoms with E-state index in [1.165, 1.54) is 0 Å². The Bertz CT molecular complexity index is 753. The van der Waals surface area contributed by atoms with Crippen molar-refractivity contribution in [2.75, 3.05) is 27.7 Å². The SMILES string of the molecule is CN=C(NCC(C)Oc1ccccc1Cl)N(C)Cc1csc(C(C)OC)n1. The van der Waals surface area contributed by atoms with Gasteiger partial charge in [0, 0.05) is 26.6 Å². The van der Waals surface area contributed by atoms with Crippen molar-refractivity contribution in [3.05, 3.63) is 45.4 Å². The summed E-state index contributed by atoms with van der Waals surface area (Å²) in [6.45, 7) is 5.24. The van der Waals surface area contributed by atoms with Gasteiger partial charge in [-0.25, -0.2) is 4.98 Å². The molecule has 1 N–H and O–H groups in total. The molecule has 0 saturated heterocycles. The van der Waals surface area contributed by atoms with Crippen LogP contribution in [0.1, 0.15) is 30.7 Å². The molecule has 0 saturated carbocycles. The van der Waals surface area contributed by atoms with E-state index in [1.807, 2.05) is 50.1 Å². The Kier molecular flexibility index (Phi) is 8.34. The van der Waals surface area contributed by atoms with Gasteiger partial charge in [-0.3, -0.25) is 4.99 Å². The largest absolute Gasteiger partial charge is 0.487 e. The Balaban J connectivity index is 1.87. The summed E-state index contributed by atoms with van der Waals surface area (Å²) < 4.78 is 11.2. The molecule has 148 valence electrons. The number of ether oxygens (including phenoxy) is 2. The Morgan fingerprint density at radius 2 is 2.11 bits per heavy atom. The predicted molar refractivity (Wildman–Crippen MR) is 112 cm³/mol. The first-order chi connectivity index (χ1) is 12.9. The maximum atomic E-state index is 6.14. The van der Waals surface area contributed by atoms with Gasteiger partial charge in [0.25, 0.3) is 0 Å². The number of rotatable bonds is 8. The number of benzene rings is 1. The lowest BCUT2D eigenvalue weighted by Crippen LogP contribution is -2.42. The van der Waals surface area contributed by atoms with Crippen LogP contribution >= 0.6 is 22.9 Å². The molecule has 1 heterocycles. The van der Waals surface area contributed by atoms with Gasteiger partial charge in [-0.1, -0.05) is 23.7 Å². The number of para-hydroxylation sites is 1. The van der Waals surface area contributed by atoms with Crippen LogP contribution < -0.4 is 10.1 Å². The molecule has 2 rings (SSSR count). The van der Waals surface area contributed by atoms with Gasteiger partial charge in [0.05, 0.1) is 23.8 Å². The van der Waals surface area contributed by atoms with Gasteiger partial charge in [-0.05, 0) is 26.0 Å². The van der Waals surface area contributed by atoms with E-state index in [2.05, 4.69) is 20.7 Å². The highest BCUT2D eigenvalue weighted by Crippen LogP contribution is 2.24. The number of nitrogens with zero attached hydrogens (tertiary/aromatic N) is 3. The number of methoxy groups -OCH3 is 1. The van der Waals surface area contributed by atoms with Crippen molar-refractivity contribution in [3.63, 3.8) is 0 Å². The molecule has 0 fully saturated rings. The number of hydrogen-bond donors (Lipinski definition) is 1. The van der Waals surface area contributed by atoms with Gasteiger partial charge in [0.15, 0.2) is 5.96 Å². The minimum Gasteiger partial charge on any atom is -0.487 e. The van der Waals surface area contributed by atoms with Crippen molar-refractivity contribution in [1.82, 2.24) is 15.2 Å². The molecule has 0 radical (unpaired) electrons. The van der Waals surface area contributed by atoms with E-state index in [4.69, 9.17) is 21.1 Å². The molecular weight excluding hydrogens is 384 g/mol. The third kappa shape index (κ3) is 6.37. The quantitative estimate of drug-likeness (QED) is 0.527. The van der Waals surface area contributed by atoms with E-state index in [0.717, 1.165) is 16.7 Å². The van der Waals surface area contributed by atoms with Crippen LogP contribution in [-0.4, -0.2) is 49.7 Å². The van der Waals surface area contributed by atoms with E-state index in [0.29, 0.717) is 23.9 Å². The van der Waals surface area contributed by atoms with E-state index in [-0.39, 0.29) is 12.2 Å². The number of halogens is 1. The van der Waals surface area contributed by atoms with Crippen molar-refractivity contribution >= 4 is 28.9 Å². The standard InChI is InChI=1S/C19H27ClN4O2S/c1-13(26-17-9-7-6-8-16(17)20)10-22-19(21-3)24(4)11-15-12-27-18(23-15)14(2)25-5/h6-9,12-14H,10-11H2,1-5H3,(H,21,22). The second kappa shape index (κ2) is 10.5. The van der Waals surface area contributed by atoms with E-state index in [9.17, 15) is 0 Å². The summed E-state index contributed by atoms with van der Waals surface area (Å²) in [6, 6.07) is 7.46. The molecule has 0 aliphatic carbocycles. The van der Waals surface area contributed by atoms with Crippen LogP contribution in [0.4, 0.5) is 0 Å². The molecule has 1 aromatic carbocycles. The molecule has 0 spiro atoms. The lowest BCUT2D eigenvalue weighted by Gasteiger charge is -2.23. The maximum Gasteiger partial charge on any atom is 0.193 e. The Morgan fingerprint density at radius 3 is 2.78 bits per heavy atom. The van der Waals surface area contributed by atoms with Gasteiger partial charge >= 0.3 is 0 Å². The molecule has 0 aliphatic heterocycles. The summed E-state index contributed by atoms with van der Waals surface area (Å²) in [5.74, 6) is 1.46. The zero-order valence-corrected chi connectivity index (χ0v) is 18.0. The van der Waals surface area contributed by atoms with E-state index >= 15 is 0 Å². The fraction of sp³-hybridized carbons (Fsp3) is 0.474. The van der Waals surface area contributed by atoms with Gasteiger partial charge in [0.1, 0.15) is 23.0 Å². The van der Waals surface area contributed by atoms with Gasteiger partial charge in [-0.15, -0.1) is 11.3 Å². The van der Waals surface area contributed by atoms with Crippen LogP contribution in [0.15, 0.2) is 34.6 Å². The van der Waals surface area contributed by atoms with Crippen LogP contribution in [0.3, 0.4) is 0 Å². The molecular formula is C19H27ClN4O2S. The fourth-order valence-corrected chi connectivity index (χ4v) is 3.44. The maximum absolute atomic E-state index is 6.14. The highest BCUT2D eigenvalue weighted by atomic mass is 35.5. The molecule has 27 heavy (non-hydrogen) atoms. The van der Waals surface area contributed by atoms with Crippen molar-refractivity contribution in [1.29, 1.82) is 0 Å².